The van der Waals surface area contributed by atoms with Gasteiger partial charge in [0, 0.05) is 37.7 Å². The van der Waals surface area contributed by atoms with Crippen LogP contribution in [0.3, 0.4) is 0 Å². The third-order valence-electron chi connectivity index (χ3n) is 5.58. The Morgan fingerprint density at radius 3 is 2.41 bits per heavy atom. The first-order chi connectivity index (χ1) is 16.3. The molecule has 0 saturated heterocycles. The minimum atomic E-state index is -3.61. The first kappa shape index (κ1) is 23.4. The maximum Gasteiger partial charge on any atom is 0.256 e. The molecule has 174 valence electrons. The molecule has 1 heterocycles. The van der Waals surface area contributed by atoms with Crippen LogP contribution in [0.5, 0.6) is 0 Å². The molecule has 0 radical (unpaired) electrons. The molecule has 0 aliphatic heterocycles. The Hall–Kier alpha value is -3.75. The minimum Gasteiger partial charge on any atom is -0.322 e. The normalized spacial score (nSPS) is 11.5. The Kier molecular flexibility index (Phi) is 6.63. The van der Waals surface area contributed by atoms with E-state index in [-0.39, 0.29) is 10.8 Å². The highest BCUT2D eigenvalue weighted by Crippen LogP contribution is 2.27. The van der Waals surface area contributed by atoms with Crippen LogP contribution in [0.4, 0.5) is 5.69 Å². The van der Waals surface area contributed by atoms with Crippen molar-refractivity contribution in [1.82, 2.24) is 14.1 Å². The van der Waals surface area contributed by atoms with Crippen molar-refractivity contribution in [3.8, 4) is 11.1 Å². The fraction of sp³-hybridized carbons (Fsp3) is 0.154. The van der Waals surface area contributed by atoms with Crippen molar-refractivity contribution in [3.63, 3.8) is 0 Å². The summed E-state index contributed by atoms with van der Waals surface area (Å²) in [7, 11) is -0.662. The van der Waals surface area contributed by atoms with E-state index in [0.29, 0.717) is 17.8 Å². The van der Waals surface area contributed by atoms with Gasteiger partial charge in [-0.3, -0.25) is 9.48 Å². The van der Waals surface area contributed by atoms with Gasteiger partial charge in [0.2, 0.25) is 10.0 Å². The van der Waals surface area contributed by atoms with Crippen LogP contribution < -0.4 is 5.32 Å². The molecule has 8 heteroatoms. The third kappa shape index (κ3) is 4.93. The van der Waals surface area contributed by atoms with Gasteiger partial charge in [-0.1, -0.05) is 48.5 Å². The number of carbonyl (C=O) groups is 1. The van der Waals surface area contributed by atoms with E-state index in [2.05, 4.69) is 10.4 Å². The lowest BCUT2D eigenvalue weighted by Gasteiger charge is -2.15. The van der Waals surface area contributed by atoms with Gasteiger partial charge >= 0.3 is 0 Å². The fourth-order valence-electron chi connectivity index (χ4n) is 3.60. The Bertz CT molecular complexity index is 1410. The maximum absolute atomic E-state index is 13.3. The third-order valence-corrected chi connectivity index (χ3v) is 7.39. The van der Waals surface area contributed by atoms with Crippen molar-refractivity contribution in [3.05, 3.63) is 102 Å². The summed E-state index contributed by atoms with van der Waals surface area (Å²) in [6.45, 7) is 2.49. The molecule has 0 aliphatic rings. The van der Waals surface area contributed by atoms with Gasteiger partial charge in [-0.05, 0) is 53.4 Å². The average molecular weight is 475 g/mol. The summed E-state index contributed by atoms with van der Waals surface area (Å²) in [5.74, 6) is -0.307. The topological polar surface area (TPSA) is 84.3 Å². The van der Waals surface area contributed by atoms with E-state index < -0.39 is 10.0 Å². The largest absolute Gasteiger partial charge is 0.322 e. The van der Waals surface area contributed by atoms with Crippen LogP contribution in [-0.2, 0) is 16.6 Å². The molecule has 3 aromatic carbocycles. The number of amides is 1. The molecular weight excluding hydrogens is 448 g/mol. The number of carbonyl (C=O) groups excluding carboxylic acids is 1. The smallest absolute Gasteiger partial charge is 0.256 e. The van der Waals surface area contributed by atoms with Crippen LogP contribution in [0.1, 0.15) is 21.5 Å². The van der Waals surface area contributed by atoms with Gasteiger partial charge < -0.3 is 5.32 Å². The number of rotatable bonds is 7. The number of sulfonamides is 1. The van der Waals surface area contributed by atoms with Gasteiger partial charge in [0.15, 0.2) is 0 Å². The maximum atomic E-state index is 13.3. The van der Waals surface area contributed by atoms with Gasteiger partial charge in [0.25, 0.3) is 5.91 Å². The van der Waals surface area contributed by atoms with E-state index in [9.17, 15) is 13.2 Å². The van der Waals surface area contributed by atoms with Crippen LogP contribution in [-0.4, -0.2) is 42.5 Å². The SMILES string of the molecule is Cc1ccc(S(=O)(=O)N(C)C)cc1NC(=O)c1ccccc1-c1ccc(Cn2cccn2)cc1. The van der Waals surface area contributed by atoms with E-state index in [1.54, 1.807) is 24.4 Å². The van der Waals surface area contributed by atoms with Gasteiger partial charge in [0.05, 0.1) is 11.4 Å². The highest BCUT2D eigenvalue weighted by Gasteiger charge is 2.20. The minimum absolute atomic E-state index is 0.124. The Balaban J connectivity index is 1.60. The summed E-state index contributed by atoms with van der Waals surface area (Å²) in [4.78, 5) is 13.4. The monoisotopic (exact) mass is 474 g/mol. The number of benzene rings is 3. The zero-order valence-corrected chi connectivity index (χ0v) is 20.1. The van der Waals surface area contributed by atoms with Gasteiger partial charge in [-0.15, -0.1) is 0 Å². The van der Waals surface area contributed by atoms with E-state index in [0.717, 1.165) is 26.6 Å². The highest BCUT2D eigenvalue weighted by molar-refractivity contribution is 7.89. The second-order valence-corrected chi connectivity index (χ2v) is 10.3. The molecule has 7 nitrogen and oxygen atoms in total. The molecule has 4 rings (SSSR count). The van der Waals surface area contributed by atoms with Crippen LogP contribution in [0, 0.1) is 6.92 Å². The summed E-state index contributed by atoms with van der Waals surface area (Å²) < 4.78 is 28.0. The highest BCUT2D eigenvalue weighted by atomic mass is 32.2. The molecule has 1 amide bonds. The zero-order chi connectivity index (χ0) is 24.3. The quantitative estimate of drug-likeness (QED) is 0.430. The molecule has 0 atom stereocenters. The molecule has 0 aliphatic carbocycles. The van der Waals surface area contributed by atoms with Crippen molar-refractivity contribution in [2.75, 3.05) is 19.4 Å². The standard InChI is InChI=1S/C26H26N4O3S/c1-19-9-14-22(34(32,33)29(2)3)17-25(19)28-26(31)24-8-5-4-7-23(24)21-12-10-20(11-13-21)18-30-16-6-15-27-30/h4-17H,18H2,1-3H3,(H,28,31). The number of nitrogens with one attached hydrogen (secondary N) is 1. The van der Waals surface area contributed by atoms with E-state index in [4.69, 9.17) is 0 Å². The van der Waals surface area contributed by atoms with E-state index in [1.807, 2.05) is 66.3 Å². The first-order valence-electron chi connectivity index (χ1n) is 10.8. The molecule has 0 spiro atoms. The lowest BCUT2D eigenvalue weighted by Crippen LogP contribution is -2.22. The van der Waals surface area contributed by atoms with Gasteiger partial charge in [-0.2, -0.15) is 5.10 Å². The van der Waals surface area contributed by atoms with Crippen LogP contribution in [0.15, 0.2) is 90.1 Å². The number of nitrogens with zero attached hydrogens (tertiary/aromatic N) is 3. The summed E-state index contributed by atoms with van der Waals surface area (Å²) in [6, 6.07) is 22.0. The summed E-state index contributed by atoms with van der Waals surface area (Å²) in [5, 5.41) is 7.13. The van der Waals surface area contributed by atoms with Crippen LogP contribution in [0.25, 0.3) is 11.1 Å². The Morgan fingerprint density at radius 1 is 1.00 bits per heavy atom. The number of aryl methyl sites for hydroxylation is 1. The number of aromatic nitrogens is 2. The Labute approximate surface area is 199 Å². The van der Waals surface area contributed by atoms with Crippen molar-refractivity contribution in [2.24, 2.45) is 0 Å². The van der Waals surface area contributed by atoms with E-state index in [1.165, 1.54) is 20.2 Å². The van der Waals surface area contributed by atoms with Crippen molar-refractivity contribution < 1.29 is 13.2 Å². The van der Waals surface area contributed by atoms with Gasteiger partial charge in [0.1, 0.15) is 0 Å². The number of anilines is 1. The molecular formula is C26H26N4O3S. The molecule has 0 fully saturated rings. The predicted octanol–water partition coefficient (Wildman–Crippen LogP) is 4.41. The zero-order valence-electron chi connectivity index (χ0n) is 19.3. The molecule has 1 aromatic heterocycles. The molecule has 1 N–H and O–H groups in total. The van der Waals surface area contributed by atoms with Crippen molar-refractivity contribution in [1.29, 1.82) is 0 Å². The van der Waals surface area contributed by atoms with Crippen molar-refractivity contribution >= 4 is 21.6 Å². The molecule has 0 unspecified atom stereocenters. The molecule has 0 saturated carbocycles. The number of hydrogen-bond donors (Lipinski definition) is 1. The molecule has 0 bridgehead atoms. The van der Waals surface area contributed by atoms with Gasteiger partial charge in [-0.25, -0.2) is 12.7 Å². The summed E-state index contributed by atoms with van der Waals surface area (Å²) in [5.41, 5.74) is 4.53. The number of hydrogen-bond acceptors (Lipinski definition) is 4. The molecule has 4 aromatic rings. The second-order valence-electron chi connectivity index (χ2n) is 8.16. The van der Waals surface area contributed by atoms with Crippen molar-refractivity contribution in [2.45, 2.75) is 18.4 Å². The Morgan fingerprint density at radius 2 is 1.74 bits per heavy atom. The van der Waals surface area contributed by atoms with E-state index >= 15 is 0 Å². The lowest BCUT2D eigenvalue weighted by molar-refractivity contribution is 0.102. The second kappa shape index (κ2) is 9.62. The first-order valence-corrected chi connectivity index (χ1v) is 12.2. The fourth-order valence-corrected chi connectivity index (χ4v) is 4.53. The summed E-state index contributed by atoms with van der Waals surface area (Å²) in [6.07, 6.45) is 3.66. The average Bonchev–Trinajstić information content (AvgIpc) is 3.34. The van der Waals surface area contributed by atoms with Crippen LogP contribution >= 0.6 is 0 Å². The molecule has 34 heavy (non-hydrogen) atoms. The van der Waals surface area contributed by atoms with Crippen LogP contribution in [0.2, 0.25) is 0 Å². The lowest BCUT2D eigenvalue weighted by atomic mass is 9.98. The summed E-state index contributed by atoms with van der Waals surface area (Å²) >= 11 is 0. The predicted molar refractivity (Wildman–Crippen MR) is 133 cm³/mol.